The number of aryl methyl sites for hydroxylation is 1. The van der Waals surface area contributed by atoms with Gasteiger partial charge in [-0.15, -0.1) is 0 Å². The molecule has 1 heterocycles. The van der Waals surface area contributed by atoms with Crippen molar-refractivity contribution in [1.82, 2.24) is 4.98 Å². The minimum Gasteiger partial charge on any atom is -0.508 e. The number of hydrogen-bond acceptors (Lipinski definition) is 4. The lowest BCUT2D eigenvalue weighted by molar-refractivity contribution is 0.0594. The predicted molar refractivity (Wildman–Crippen MR) is 59.4 cm³/mol. The van der Waals surface area contributed by atoms with Gasteiger partial charge in [-0.25, -0.2) is 14.2 Å². The lowest BCUT2D eigenvalue weighted by atomic mass is 10.1. The molecule has 1 aromatic heterocycles. The number of carbonyl (C=O) groups is 1. The van der Waals surface area contributed by atoms with E-state index in [0.717, 1.165) is 6.07 Å². The zero-order chi connectivity index (χ0) is 12.6. The van der Waals surface area contributed by atoms with Gasteiger partial charge in [-0.3, -0.25) is 0 Å². The number of pyridine rings is 1. The van der Waals surface area contributed by atoms with Crippen molar-refractivity contribution in [3.8, 4) is 5.75 Å². The summed E-state index contributed by atoms with van der Waals surface area (Å²) in [4.78, 5) is 15.2. The second-order valence-corrected chi connectivity index (χ2v) is 3.64. The van der Waals surface area contributed by atoms with E-state index >= 15 is 0 Å². The van der Waals surface area contributed by atoms with Crippen molar-refractivity contribution in [2.45, 2.75) is 6.92 Å². The number of methoxy groups -OCH3 is 1. The number of ether oxygens (including phenoxy) is 1. The second kappa shape index (κ2) is 4.01. The first-order valence-corrected chi connectivity index (χ1v) is 4.91. The molecule has 88 valence electrons. The van der Waals surface area contributed by atoms with Crippen LogP contribution >= 0.6 is 0 Å². The molecule has 0 saturated heterocycles. The number of nitrogens with zero attached hydrogens (tertiary/aromatic N) is 1. The normalized spacial score (nSPS) is 10.5. The van der Waals surface area contributed by atoms with E-state index in [1.807, 2.05) is 0 Å². The Morgan fingerprint density at radius 2 is 2.12 bits per heavy atom. The molecule has 0 bridgehead atoms. The van der Waals surface area contributed by atoms with Crippen LogP contribution in [0.2, 0.25) is 0 Å². The monoisotopic (exact) mass is 235 g/mol. The van der Waals surface area contributed by atoms with E-state index in [4.69, 9.17) is 0 Å². The van der Waals surface area contributed by atoms with Gasteiger partial charge in [0.15, 0.2) is 5.82 Å². The molecule has 0 spiro atoms. The van der Waals surface area contributed by atoms with Crippen LogP contribution in [0.25, 0.3) is 10.9 Å². The van der Waals surface area contributed by atoms with Crippen LogP contribution in [-0.2, 0) is 4.74 Å². The molecule has 1 N–H and O–H groups in total. The lowest BCUT2D eigenvalue weighted by Crippen LogP contribution is -2.05. The maximum Gasteiger partial charge on any atom is 0.356 e. The van der Waals surface area contributed by atoms with Crippen LogP contribution < -0.4 is 0 Å². The molecule has 4 nitrogen and oxygen atoms in total. The van der Waals surface area contributed by atoms with Crippen molar-refractivity contribution in [2.75, 3.05) is 7.11 Å². The third-order valence-electron chi connectivity index (χ3n) is 2.45. The predicted octanol–water partition coefficient (Wildman–Crippen LogP) is 2.17. The van der Waals surface area contributed by atoms with Gasteiger partial charge in [0.1, 0.15) is 17.0 Å². The lowest BCUT2D eigenvalue weighted by Gasteiger charge is -2.06. The minimum absolute atomic E-state index is 0.0436. The molecule has 1 aromatic carbocycles. The number of phenolic OH excluding ortho intramolecular Hbond substituents is 1. The molecule has 5 heteroatoms. The van der Waals surface area contributed by atoms with Crippen LogP contribution in [0.5, 0.6) is 5.75 Å². The number of halogens is 1. The van der Waals surface area contributed by atoms with Gasteiger partial charge in [-0.1, -0.05) is 0 Å². The van der Waals surface area contributed by atoms with Gasteiger partial charge in [0.25, 0.3) is 0 Å². The number of phenols is 1. The van der Waals surface area contributed by atoms with Crippen molar-refractivity contribution in [2.24, 2.45) is 0 Å². The highest BCUT2D eigenvalue weighted by molar-refractivity contribution is 5.93. The Bertz CT molecular complexity index is 610. The van der Waals surface area contributed by atoms with E-state index in [1.54, 1.807) is 6.92 Å². The van der Waals surface area contributed by atoms with E-state index in [-0.39, 0.29) is 17.0 Å². The molecule has 0 radical (unpaired) electrons. The van der Waals surface area contributed by atoms with Crippen molar-refractivity contribution < 1.29 is 19.0 Å². The van der Waals surface area contributed by atoms with Crippen molar-refractivity contribution in [3.63, 3.8) is 0 Å². The standard InChI is InChI=1S/C12H10FNO3/c1-6-3-10(12(16)17-2)14-11-8(6)4-7(15)5-9(11)13/h3-5,15H,1-2H3. The number of carbonyl (C=O) groups excluding carboxylic acids is 1. The summed E-state index contributed by atoms with van der Waals surface area (Å²) in [5.41, 5.74) is 0.732. The summed E-state index contributed by atoms with van der Waals surface area (Å²) in [7, 11) is 1.23. The van der Waals surface area contributed by atoms with Gasteiger partial charge in [0, 0.05) is 11.5 Å². The number of aromatic nitrogens is 1. The Labute approximate surface area is 96.7 Å². The molecule has 0 fully saturated rings. The summed E-state index contributed by atoms with van der Waals surface area (Å²) in [5.74, 6) is -1.47. The van der Waals surface area contributed by atoms with Gasteiger partial charge in [0.2, 0.25) is 0 Å². The highest BCUT2D eigenvalue weighted by atomic mass is 19.1. The van der Waals surface area contributed by atoms with E-state index in [2.05, 4.69) is 9.72 Å². The first-order chi connectivity index (χ1) is 8.02. The molecule has 0 saturated carbocycles. The maximum atomic E-state index is 13.6. The number of esters is 1. The van der Waals surface area contributed by atoms with Gasteiger partial charge < -0.3 is 9.84 Å². The molecule has 0 atom stereocenters. The van der Waals surface area contributed by atoms with Crippen molar-refractivity contribution >= 4 is 16.9 Å². The van der Waals surface area contributed by atoms with Crippen LogP contribution in [0.15, 0.2) is 18.2 Å². The third kappa shape index (κ3) is 1.91. The summed E-state index contributed by atoms with van der Waals surface area (Å²) in [6.45, 7) is 1.70. The van der Waals surface area contributed by atoms with Crippen LogP contribution in [0.1, 0.15) is 16.1 Å². The Kier molecular flexibility index (Phi) is 2.67. The molecule has 0 aliphatic heterocycles. The fourth-order valence-corrected chi connectivity index (χ4v) is 1.64. The van der Waals surface area contributed by atoms with E-state index < -0.39 is 11.8 Å². The minimum atomic E-state index is -0.672. The molecule has 0 aliphatic carbocycles. The molecular formula is C12H10FNO3. The molecule has 2 aromatic rings. The van der Waals surface area contributed by atoms with Gasteiger partial charge >= 0.3 is 5.97 Å². The third-order valence-corrected chi connectivity index (χ3v) is 2.45. The first-order valence-electron chi connectivity index (χ1n) is 4.91. The highest BCUT2D eigenvalue weighted by Gasteiger charge is 2.13. The highest BCUT2D eigenvalue weighted by Crippen LogP contribution is 2.25. The summed E-state index contributed by atoms with van der Waals surface area (Å²) in [6.07, 6.45) is 0. The molecular weight excluding hydrogens is 225 g/mol. The Morgan fingerprint density at radius 1 is 1.41 bits per heavy atom. The van der Waals surface area contributed by atoms with E-state index in [1.165, 1.54) is 19.2 Å². The Hall–Kier alpha value is -2.17. The number of hydrogen-bond donors (Lipinski definition) is 1. The maximum absolute atomic E-state index is 13.6. The van der Waals surface area contributed by atoms with Gasteiger partial charge in [-0.05, 0) is 24.6 Å². The zero-order valence-electron chi connectivity index (χ0n) is 9.32. The summed E-state index contributed by atoms with van der Waals surface area (Å²) >= 11 is 0. The number of aromatic hydroxyl groups is 1. The topological polar surface area (TPSA) is 59.4 Å². The van der Waals surface area contributed by atoms with Crippen LogP contribution in [-0.4, -0.2) is 23.2 Å². The van der Waals surface area contributed by atoms with Crippen LogP contribution in [0.4, 0.5) is 4.39 Å². The van der Waals surface area contributed by atoms with Crippen LogP contribution in [0.3, 0.4) is 0 Å². The Balaban J connectivity index is 2.77. The molecule has 0 amide bonds. The fourth-order valence-electron chi connectivity index (χ4n) is 1.64. The van der Waals surface area contributed by atoms with Crippen LogP contribution in [0, 0.1) is 12.7 Å². The van der Waals surface area contributed by atoms with Crippen molar-refractivity contribution in [1.29, 1.82) is 0 Å². The summed E-state index contributed by atoms with van der Waals surface area (Å²) in [6, 6.07) is 3.85. The summed E-state index contributed by atoms with van der Waals surface area (Å²) in [5, 5.41) is 9.77. The first kappa shape index (κ1) is 11.3. The fraction of sp³-hybridized carbons (Fsp3) is 0.167. The largest absolute Gasteiger partial charge is 0.508 e. The van der Waals surface area contributed by atoms with Gasteiger partial charge in [0.05, 0.1) is 7.11 Å². The number of fused-ring (bicyclic) bond motifs is 1. The van der Waals surface area contributed by atoms with E-state index in [0.29, 0.717) is 10.9 Å². The average Bonchev–Trinajstić information content (AvgIpc) is 2.29. The summed E-state index contributed by atoms with van der Waals surface area (Å²) < 4.78 is 18.1. The molecule has 0 aliphatic rings. The quantitative estimate of drug-likeness (QED) is 0.769. The number of rotatable bonds is 1. The second-order valence-electron chi connectivity index (χ2n) is 3.64. The Morgan fingerprint density at radius 3 is 2.76 bits per heavy atom. The smallest absolute Gasteiger partial charge is 0.356 e. The van der Waals surface area contributed by atoms with Crippen molar-refractivity contribution in [3.05, 3.63) is 35.3 Å². The molecule has 0 unspecified atom stereocenters. The molecule has 2 rings (SSSR count). The van der Waals surface area contributed by atoms with E-state index in [9.17, 15) is 14.3 Å². The zero-order valence-corrected chi connectivity index (χ0v) is 9.32. The molecule has 17 heavy (non-hydrogen) atoms. The average molecular weight is 235 g/mol. The number of benzene rings is 1. The van der Waals surface area contributed by atoms with Gasteiger partial charge in [-0.2, -0.15) is 0 Å². The SMILES string of the molecule is COC(=O)c1cc(C)c2cc(O)cc(F)c2n1.